The number of aliphatic hydroxyl groups is 1. The SMILES string of the molecule is COc1ccc2c(c1)CN(S(=O)(=O)c1ccc(C)cc1)c1ccccc1[C@H]2O. The molecule has 0 radical (unpaired) electrons. The van der Waals surface area contributed by atoms with E-state index in [4.69, 9.17) is 4.74 Å². The Morgan fingerprint density at radius 1 is 1.00 bits per heavy atom. The maximum absolute atomic E-state index is 13.5. The fraction of sp³-hybridized carbons (Fsp3) is 0.182. The zero-order chi connectivity index (χ0) is 19.9. The maximum atomic E-state index is 13.5. The molecule has 3 aromatic rings. The van der Waals surface area contributed by atoms with Crippen molar-refractivity contribution in [2.75, 3.05) is 11.4 Å². The fourth-order valence-corrected chi connectivity index (χ4v) is 4.99. The molecule has 0 unspecified atom stereocenters. The third-order valence-electron chi connectivity index (χ3n) is 5.07. The zero-order valence-corrected chi connectivity index (χ0v) is 16.5. The molecule has 0 aliphatic carbocycles. The van der Waals surface area contributed by atoms with Crippen molar-refractivity contribution in [3.8, 4) is 5.75 Å². The van der Waals surface area contributed by atoms with Crippen molar-refractivity contribution in [1.82, 2.24) is 0 Å². The van der Waals surface area contributed by atoms with Crippen molar-refractivity contribution in [2.24, 2.45) is 0 Å². The highest BCUT2D eigenvalue weighted by atomic mass is 32.2. The lowest BCUT2D eigenvalue weighted by Gasteiger charge is -2.25. The quantitative estimate of drug-likeness (QED) is 0.733. The first-order valence-corrected chi connectivity index (χ1v) is 10.4. The number of aliphatic hydroxyl groups excluding tert-OH is 1. The van der Waals surface area contributed by atoms with Gasteiger partial charge in [0.25, 0.3) is 10.0 Å². The molecule has 3 aromatic carbocycles. The van der Waals surface area contributed by atoms with E-state index in [1.807, 2.05) is 6.92 Å². The van der Waals surface area contributed by atoms with Crippen molar-refractivity contribution in [1.29, 1.82) is 0 Å². The summed E-state index contributed by atoms with van der Waals surface area (Å²) in [5.74, 6) is 0.615. The highest BCUT2D eigenvalue weighted by molar-refractivity contribution is 7.92. The number of nitrogens with zero attached hydrogens (tertiary/aromatic N) is 1. The summed E-state index contributed by atoms with van der Waals surface area (Å²) in [7, 11) is -2.26. The van der Waals surface area contributed by atoms with Gasteiger partial charge in [0.1, 0.15) is 11.9 Å². The second kappa shape index (κ2) is 6.96. The van der Waals surface area contributed by atoms with E-state index < -0.39 is 16.1 Å². The molecule has 6 heteroatoms. The van der Waals surface area contributed by atoms with Gasteiger partial charge >= 0.3 is 0 Å². The molecule has 144 valence electrons. The molecule has 1 aliphatic heterocycles. The highest BCUT2D eigenvalue weighted by Crippen LogP contribution is 2.40. The summed E-state index contributed by atoms with van der Waals surface area (Å²) in [5.41, 5.74) is 3.40. The number of methoxy groups -OCH3 is 1. The molecule has 0 fully saturated rings. The molecule has 5 nitrogen and oxygen atoms in total. The number of benzene rings is 3. The number of ether oxygens (including phenoxy) is 1. The van der Waals surface area contributed by atoms with E-state index in [-0.39, 0.29) is 11.4 Å². The van der Waals surface area contributed by atoms with Crippen molar-refractivity contribution >= 4 is 15.7 Å². The monoisotopic (exact) mass is 395 g/mol. The summed E-state index contributed by atoms with van der Waals surface area (Å²) in [6.07, 6.45) is -0.921. The Morgan fingerprint density at radius 2 is 1.71 bits per heavy atom. The number of para-hydroxylation sites is 1. The molecule has 1 heterocycles. The summed E-state index contributed by atoms with van der Waals surface area (Å²) in [4.78, 5) is 0.216. The highest BCUT2D eigenvalue weighted by Gasteiger charge is 2.33. The largest absolute Gasteiger partial charge is 0.497 e. The van der Waals surface area contributed by atoms with E-state index in [0.717, 1.165) is 5.56 Å². The summed E-state index contributed by atoms with van der Waals surface area (Å²) in [5, 5.41) is 11.0. The third kappa shape index (κ3) is 3.04. The van der Waals surface area contributed by atoms with Crippen LogP contribution in [0.4, 0.5) is 5.69 Å². The Kier molecular flexibility index (Phi) is 4.61. The van der Waals surface area contributed by atoms with Gasteiger partial charge in [0, 0.05) is 5.56 Å². The van der Waals surface area contributed by atoms with Crippen LogP contribution in [0.2, 0.25) is 0 Å². The van der Waals surface area contributed by atoms with E-state index in [2.05, 4.69) is 0 Å². The topological polar surface area (TPSA) is 66.8 Å². The van der Waals surface area contributed by atoms with Gasteiger partial charge in [-0.25, -0.2) is 8.42 Å². The molecule has 0 amide bonds. The van der Waals surface area contributed by atoms with E-state index >= 15 is 0 Å². The van der Waals surface area contributed by atoms with Crippen LogP contribution in [0.25, 0.3) is 0 Å². The number of rotatable bonds is 3. The third-order valence-corrected chi connectivity index (χ3v) is 6.84. The first kappa shape index (κ1) is 18.5. The second-order valence-electron chi connectivity index (χ2n) is 6.85. The summed E-state index contributed by atoms with van der Waals surface area (Å²) in [6, 6.07) is 19.2. The predicted molar refractivity (Wildman–Crippen MR) is 108 cm³/mol. The molecule has 0 saturated heterocycles. The number of hydrogen-bond acceptors (Lipinski definition) is 4. The van der Waals surface area contributed by atoms with Crippen LogP contribution in [0.3, 0.4) is 0 Å². The number of sulfonamides is 1. The van der Waals surface area contributed by atoms with E-state index in [9.17, 15) is 13.5 Å². The normalized spacial score (nSPS) is 16.1. The van der Waals surface area contributed by atoms with Crippen LogP contribution in [0.1, 0.15) is 28.4 Å². The molecule has 0 spiro atoms. The van der Waals surface area contributed by atoms with Crippen LogP contribution in [-0.4, -0.2) is 20.6 Å². The van der Waals surface area contributed by atoms with Crippen LogP contribution < -0.4 is 9.04 Å². The Bertz CT molecular complexity index is 1120. The number of anilines is 1. The Labute approximate surface area is 164 Å². The van der Waals surface area contributed by atoms with Crippen LogP contribution in [0.15, 0.2) is 71.6 Å². The number of fused-ring (bicyclic) bond motifs is 2. The fourth-order valence-electron chi connectivity index (χ4n) is 3.52. The van der Waals surface area contributed by atoms with Gasteiger partial charge in [-0.15, -0.1) is 0 Å². The van der Waals surface area contributed by atoms with Gasteiger partial charge in [-0.05, 0) is 48.4 Å². The average molecular weight is 395 g/mol. The van der Waals surface area contributed by atoms with Gasteiger partial charge in [0.15, 0.2) is 0 Å². The lowest BCUT2D eigenvalue weighted by Crippen LogP contribution is -2.30. The minimum absolute atomic E-state index is 0.108. The lowest BCUT2D eigenvalue weighted by molar-refractivity contribution is 0.220. The molecule has 1 atom stereocenters. The molecular formula is C22H21NO4S. The Balaban J connectivity index is 1.93. The van der Waals surface area contributed by atoms with Crippen molar-refractivity contribution < 1.29 is 18.3 Å². The molecule has 0 bridgehead atoms. The smallest absolute Gasteiger partial charge is 0.264 e. The zero-order valence-electron chi connectivity index (χ0n) is 15.7. The summed E-state index contributed by atoms with van der Waals surface area (Å²) >= 11 is 0. The van der Waals surface area contributed by atoms with Crippen molar-refractivity contribution in [2.45, 2.75) is 24.5 Å². The predicted octanol–water partition coefficient (Wildman–Crippen LogP) is 3.79. The average Bonchev–Trinajstić information content (AvgIpc) is 2.83. The maximum Gasteiger partial charge on any atom is 0.264 e. The van der Waals surface area contributed by atoms with Gasteiger partial charge in [0.2, 0.25) is 0 Å². The molecule has 0 aromatic heterocycles. The minimum atomic E-state index is -3.82. The van der Waals surface area contributed by atoms with Crippen LogP contribution in [-0.2, 0) is 16.6 Å². The number of hydrogen-bond donors (Lipinski definition) is 1. The minimum Gasteiger partial charge on any atom is -0.497 e. The van der Waals surface area contributed by atoms with Gasteiger partial charge in [-0.3, -0.25) is 4.31 Å². The molecular weight excluding hydrogens is 374 g/mol. The van der Waals surface area contributed by atoms with Gasteiger partial charge in [-0.1, -0.05) is 42.0 Å². The summed E-state index contributed by atoms with van der Waals surface area (Å²) < 4.78 is 33.7. The van der Waals surface area contributed by atoms with Crippen molar-refractivity contribution in [3.63, 3.8) is 0 Å². The lowest BCUT2D eigenvalue weighted by atomic mass is 9.97. The Hall–Kier alpha value is -2.83. The van der Waals surface area contributed by atoms with E-state index in [0.29, 0.717) is 28.1 Å². The molecule has 4 rings (SSSR count). The number of aryl methyl sites for hydroxylation is 1. The standard InChI is InChI=1S/C22H21NO4S/c1-15-7-10-18(11-8-15)28(25,26)23-14-16-13-17(27-2)9-12-19(16)22(24)20-5-3-4-6-21(20)23/h3-13,22,24H,14H2,1-2H3/t22-/m0/s1. The molecule has 1 aliphatic rings. The molecule has 1 N–H and O–H groups in total. The van der Waals surface area contributed by atoms with E-state index in [1.54, 1.807) is 73.8 Å². The van der Waals surface area contributed by atoms with Crippen LogP contribution >= 0.6 is 0 Å². The first-order valence-electron chi connectivity index (χ1n) is 8.95. The van der Waals surface area contributed by atoms with Crippen LogP contribution in [0, 0.1) is 6.92 Å². The van der Waals surface area contributed by atoms with Crippen molar-refractivity contribution in [3.05, 3.63) is 89.0 Å². The van der Waals surface area contributed by atoms with Gasteiger partial charge < -0.3 is 9.84 Å². The van der Waals surface area contributed by atoms with E-state index in [1.165, 1.54) is 4.31 Å². The Morgan fingerprint density at radius 3 is 2.43 bits per heavy atom. The van der Waals surface area contributed by atoms with Gasteiger partial charge in [0.05, 0.1) is 24.2 Å². The van der Waals surface area contributed by atoms with Crippen LogP contribution in [0.5, 0.6) is 5.75 Å². The molecule has 28 heavy (non-hydrogen) atoms. The second-order valence-corrected chi connectivity index (χ2v) is 8.71. The summed E-state index contributed by atoms with van der Waals surface area (Å²) in [6.45, 7) is 2.02. The first-order chi connectivity index (χ1) is 13.4. The molecule has 0 saturated carbocycles. The van der Waals surface area contributed by atoms with Gasteiger partial charge in [-0.2, -0.15) is 0 Å².